The fraction of sp³-hybridized carbons (Fsp3) is 0.0435. The first-order chi connectivity index (χ1) is 13.8. The Hall–Kier alpha value is -3.86. The van der Waals surface area contributed by atoms with Crippen molar-refractivity contribution in [1.82, 2.24) is 4.98 Å². The van der Waals surface area contributed by atoms with Crippen molar-refractivity contribution in [3.05, 3.63) is 89.8 Å². The van der Waals surface area contributed by atoms with Gasteiger partial charge in [0.25, 0.3) is 0 Å². The van der Waals surface area contributed by atoms with Gasteiger partial charge in [-0.05, 0) is 53.6 Å². The molecule has 2 aromatic carbocycles. The summed E-state index contributed by atoms with van der Waals surface area (Å²) in [5, 5.41) is 2.83. The summed E-state index contributed by atoms with van der Waals surface area (Å²) in [5.41, 5.74) is 3.53. The van der Waals surface area contributed by atoms with Crippen LogP contribution in [0.5, 0.6) is 11.5 Å². The van der Waals surface area contributed by atoms with Gasteiger partial charge in [-0.3, -0.25) is 9.78 Å². The number of amides is 1. The molecular weight excluding hydrogens is 352 g/mol. The maximum atomic E-state index is 12.0. The van der Waals surface area contributed by atoms with Crippen molar-refractivity contribution in [1.29, 1.82) is 0 Å². The van der Waals surface area contributed by atoms with Crippen LogP contribution in [0.2, 0.25) is 0 Å². The van der Waals surface area contributed by atoms with E-state index in [0.29, 0.717) is 0 Å². The summed E-state index contributed by atoms with van der Waals surface area (Å²) in [6.07, 6.45) is 8.84. The van der Waals surface area contributed by atoms with Crippen LogP contribution in [0.15, 0.2) is 72.9 Å². The van der Waals surface area contributed by atoms with E-state index < -0.39 is 0 Å². The van der Waals surface area contributed by atoms with Gasteiger partial charge in [0.2, 0.25) is 12.7 Å². The van der Waals surface area contributed by atoms with E-state index in [0.717, 1.165) is 34.0 Å². The monoisotopic (exact) mass is 370 g/mol. The Balaban J connectivity index is 1.36. The Labute approximate surface area is 163 Å². The molecule has 1 aliphatic heterocycles. The van der Waals surface area contributed by atoms with Crippen LogP contribution in [0, 0.1) is 0 Å². The lowest BCUT2D eigenvalue weighted by atomic mass is 10.1. The van der Waals surface area contributed by atoms with Crippen molar-refractivity contribution in [2.75, 3.05) is 12.1 Å². The Morgan fingerprint density at radius 2 is 1.68 bits per heavy atom. The van der Waals surface area contributed by atoms with E-state index in [9.17, 15) is 4.79 Å². The van der Waals surface area contributed by atoms with Crippen molar-refractivity contribution < 1.29 is 14.3 Å². The molecule has 1 aliphatic rings. The predicted molar refractivity (Wildman–Crippen MR) is 110 cm³/mol. The maximum absolute atomic E-state index is 12.0. The molecule has 0 saturated carbocycles. The topological polar surface area (TPSA) is 60.5 Å². The van der Waals surface area contributed by atoms with Crippen LogP contribution in [0.25, 0.3) is 18.2 Å². The number of pyridine rings is 1. The summed E-state index contributed by atoms with van der Waals surface area (Å²) in [6, 6.07) is 19.0. The van der Waals surface area contributed by atoms with E-state index in [2.05, 4.69) is 10.3 Å². The Kier molecular flexibility index (Phi) is 5.15. The highest BCUT2D eigenvalue weighted by Gasteiger charge is 2.12. The second kappa shape index (κ2) is 8.22. The minimum Gasteiger partial charge on any atom is -0.454 e. The number of ether oxygens (including phenoxy) is 2. The van der Waals surface area contributed by atoms with Gasteiger partial charge in [0, 0.05) is 18.0 Å². The van der Waals surface area contributed by atoms with Gasteiger partial charge in [0.15, 0.2) is 11.5 Å². The molecule has 28 heavy (non-hydrogen) atoms. The van der Waals surface area contributed by atoms with Crippen LogP contribution in [0.3, 0.4) is 0 Å². The van der Waals surface area contributed by atoms with Gasteiger partial charge in [-0.25, -0.2) is 0 Å². The summed E-state index contributed by atoms with van der Waals surface area (Å²) in [6.45, 7) is 0.271. The molecule has 0 saturated heterocycles. The number of hydrogen-bond donors (Lipinski definition) is 1. The third-order valence-corrected chi connectivity index (χ3v) is 4.14. The van der Waals surface area contributed by atoms with Crippen LogP contribution < -0.4 is 14.8 Å². The zero-order valence-corrected chi connectivity index (χ0v) is 15.0. The number of hydrogen-bond acceptors (Lipinski definition) is 4. The van der Waals surface area contributed by atoms with Crippen molar-refractivity contribution in [2.45, 2.75) is 0 Å². The molecule has 1 amide bonds. The van der Waals surface area contributed by atoms with E-state index >= 15 is 0 Å². The van der Waals surface area contributed by atoms with Crippen molar-refractivity contribution in [3.63, 3.8) is 0 Å². The highest BCUT2D eigenvalue weighted by molar-refractivity contribution is 6.01. The van der Waals surface area contributed by atoms with Crippen LogP contribution in [0.1, 0.15) is 16.8 Å². The molecule has 5 nitrogen and oxygen atoms in total. The van der Waals surface area contributed by atoms with Crippen LogP contribution >= 0.6 is 0 Å². The number of benzene rings is 2. The fourth-order valence-corrected chi connectivity index (χ4v) is 2.71. The van der Waals surface area contributed by atoms with E-state index in [-0.39, 0.29) is 12.7 Å². The van der Waals surface area contributed by atoms with E-state index in [1.54, 1.807) is 12.3 Å². The summed E-state index contributed by atoms with van der Waals surface area (Å²) in [4.78, 5) is 16.2. The van der Waals surface area contributed by atoms with Crippen molar-refractivity contribution in [2.24, 2.45) is 0 Å². The van der Waals surface area contributed by atoms with Crippen LogP contribution in [-0.4, -0.2) is 17.7 Å². The summed E-state index contributed by atoms with van der Waals surface area (Å²) < 4.78 is 10.7. The SMILES string of the molecule is O=C(/C=C/c1ccccn1)Nc1ccc(/C=C/c2ccc3c(c2)OCO3)cc1. The van der Waals surface area contributed by atoms with E-state index in [1.807, 2.05) is 72.8 Å². The number of rotatable bonds is 5. The first-order valence-electron chi connectivity index (χ1n) is 8.84. The molecule has 0 fully saturated rings. The lowest BCUT2D eigenvalue weighted by Crippen LogP contribution is -2.07. The molecule has 0 spiro atoms. The number of carbonyl (C=O) groups is 1. The lowest BCUT2D eigenvalue weighted by molar-refractivity contribution is -0.111. The second-order valence-corrected chi connectivity index (χ2v) is 6.15. The van der Waals surface area contributed by atoms with Crippen molar-refractivity contribution >= 4 is 29.8 Å². The minimum atomic E-state index is -0.200. The second-order valence-electron chi connectivity index (χ2n) is 6.15. The molecule has 0 radical (unpaired) electrons. The molecule has 0 atom stereocenters. The van der Waals surface area contributed by atoms with Gasteiger partial charge in [0.1, 0.15) is 0 Å². The molecule has 0 unspecified atom stereocenters. The third-order valence-electron chi connectivity index (χ3n) is 4.14. The molecule has 3 aromatic rings. The van der Waals surface area contributed by atoms with E-state index in [4.69, 9.17) is 9.47 Å². The minimum absolute atomic E-state index is 0.200. The Morgan fingerprint density at radius 3 is 2.50 bits per heavy atom. The zero-order chi connectivity index (χ0) is 19.2. The van der Waals surface area contributed by atoms with Gasteiger partial charge in [-0.1, -0.05) is 36.4 Å². The Morgan fingerprint density at radius 1 is 0.893 bits per heavy atom. The first kappa shape index (κ1) is 17.5. The number of aromatic nitrogens is 1. The van der Waals surface area contributed by atoms with Gasteiger partial charge >= 0.3 is 0 Å². The normalized spacial score (nSPS) is 12.6. The zero-order valence-electron chi connectivity index (χ0n) is 15.0. The molecule has 1 N–H and O–H groups in total. The molecule has 2 heterocycles. The largest absolute Gasteiger partial charge is 0.454 e. The van der Waals surface area contributed by atoms with Crippen molar-refractivity contribution in [3.8, 4) is 11.5 Å². The molecule has 4 rings (SSSR count). The van der Waals surface area contributed by atoms with Crippen LogP contribution in [-0.2, 0) is 4.79 Å². The molecular formula is C23H18N2O3. The standard InChI is InChI=1S/C23H18N2O3/c26-23(13-11-19-3-1-2-14-24-19)25-20-9-6-17(7-10-20)4-5-18-8-12-21-22(15-18)28-16-27-21/h1-15H,16H2,(H,25,26)/b5-4+,13-11+. The average Bonchev–Trinajstić information content (AvgIpc) is 3.20. The first-order valence-corrected chi connectivity index (χ1v) is 8.84. The smallest absolute Gasteiger partial charge is 0.248 e. The molecule has 5 heteroatoms. The third kappa shape index (κ3) is 4.45. The average molecular weight is 370 g/mol. The fourth-order valence-electron chi connectivity index (χ4n) is 2.71. The summed E-state index contributed by atoms with van der Waals surface area (Å²) >= 11 is 0. The number of nitrogens with zero attached hydrogens (tertiary/aromatic N) is 1. The lowest BCUT2D eigenvalue weighted by Gasteiger charge is -2.03. The van der Waals surface area contributed by atoms with E-state index in [1.165, 1.54) is 6.08 Å². The number of anilines is 1. The van der Waals surface area contributed by atoms with Gasteiger partial charge in [-0.2, -0.15) is 0 Å². The highest BCUT2D eigenvalue weighted by Crippen LogP contribution is 2.33. The number of fused-ring (bicyclic) bond motifs is 1. The summed E-state index contributed by atoms with van der Waals surface area (Å²) in [5.74, 6) is 1.34. The summed E-state index contributed by atoms with van der Waals surface area (Å²) in [7, 11) is 0. The number of carbonyl (C=O) groups excluding carboxylic acids is 1. The highest BCUT2D eigenvalue weighted by atomic mass is 16.7. The number of nitrogens with one attached hydrogen (secondary N) is 1. The van der Waals surface area contributed by atoms with Gasteiger partial charge < -0.3 is 14.8 Å². The molecule has 138 valence electrons. The Bertz CT molecular complexity index is 1030. The maximum Gasteiger partial charge on any atom is 0.248 e. The molecule has 1 aromatic heterocycles. The molecule has 0 bridgehead atoms. The molecule has 0 aliphatic carbocycles. The quantitative estimate of drug-likeness (QED) is 0.525. The van der Waals surface area contributed by atoms with Gasteiger partial charge in [-0.15, -0.1) is 0 Å². The van der Waals surface area contributed by atoms with Crippen LogP contribution in [0.4, 0.5) is 5.69 Å². The van der Waals surface area contributed by atoms with Gasteiger partial charge in [0.05, 0.1) is 5.69 Å². The predicted octanol–water partition coefficient (Wildman–Crippen LogP) is 4.63.